The van der Waals surface area contributed by atoms with E-state index < -0.39 is 0 Å². The third-order valence-electron chi connectivity index (χ3n) is 6.77. The van der Waals surface area contributed by atoms with Crippen LogP contribution in [0.25, 0.3) is 0 Å². The lowest BCUT2D eigenvalue weighted by atomic mass is 9.60. The number of hydrogen-bond donors (Lipinski definition) is 2. The molecule has 7 heteroatoms. The maximum Gasteiger partial charge on any atom is 0.191 e. The minimum Gasteiger partial charge on any atom is -0.378 e. The molecule has 160 valence electrons. The Hall–Kier alpha value is -0.830. The van der Waals surface area contributed by atoms with Gasteiger partial charge in [-0.1, -0.05) is 12.8 Å². The molecule has 0 bridgehead atoms. The normalized spacial score (nSPS) is 24.6. The number of aromatic nitrogens is 2. The van der Waals surface area contributed by atoms with E-state index in [1.165, 1.54) is 36.9 Å². The van der Waals surface area contributed by atoms with Gasteiger partial charge in [-0.25, -0.2) is 0 Å². The highest BCUT2D eigenvalue weighted by Crippen LogP contribution is 2.54. The third kappa shape index (κ3) is 4.50. The molecule has 1 aromatic heterocycles. The van der Waals surface area contributed by atoms with E-state index in [-0.39, 0.29) is 24.0 Å². The second-order valence-corrected chi connectivity index (χ2v) is 8.41. The van der Waals surface area contributed by atoms with Gasteiger partial charge in [-0.3, -0.25) is 9.67 Å². The fraction of sp³-hybridized carbons (Fsp3) is 0.810. The zero-order chi connectivity index (χ0) is 19.6. The zero-order valence-corrected chi connectivity index (χ0v) is 20.7. The van der Waals surface area contributed by atoms with Crippen LogP contribution >= 0.6 is 24.0 Å². The van der Waals surface area contributed by atoms with E-state index in [4.69, 9.17) is 4.74 Å². The molecule has 0 amide bonds. The van der Waals surface area contributed by atoms with Crippen molar-refractivity contribution in [2.45, 2.75) is 84.4 Å². The van der Waals surface area contributed by atoms with Crippen molar-refractivity contribution in [2.24, 2.45) is 17.5 Å². The Bertz CT molecular complexity index is 681. The van der Waals surface area contributed by atoms with Gasteiger partial charge in [0.2, 0.25) is 0 Å². The van der Waals surface area contributed by atoms with E-state index in [0.29, 0.717) is 23.6 Å². The van der Waals surface area contributed by atoms with Gasteiger partial charge in [0.1, 0.15) is 0 Å². The first-order valence-electron chi connectivity index (χ1n) is 10.5. The molecule has 2 fully saturated rings. The van der Waals surface area contributed by atoms with Crippen LogP contribution in [0.15, 0.2) is 4.99 Å². The van der Waals surface area contributed by atoms with Gasteiger partial charge in [0.15, 0.2) is 5.96 Å². The Labute approximate surface area is 187 Å². The molecule has 0 aromatic carbocycles. The SMILES string of the molecule is CCOC1CC(NC(=NC)NC(C)Cc2c(C)nn(C)c2C)C12CCCC2.I. The van der Waals surface area contributed by atoms with Gasteiger partial charge in [-0.2, -0.15) is 5.10 Å². The molecule has 0 radical (unpaired) electrons. The molecule has 2 aliphatic rings. The van der Waals surface area contributed by atoms with Gasteiger partial charge in [0.05, 0.1) is 11.8 Å². The van der Waals surface area contributed by atoms with Crippen molar-refractivity contribution in [2.75, 3.05) is 13.7 Å². The molecule has 0 saturated heterocycles. The van der Waals surface area contributed by atoms with E-state index in [2.05, 4.69) is 48.4 Å². The predicted molar refractivity (Wildman–Crippen MR) is 126 cm³/mol. The van der Waals surface area contributed by atoms with Crippen LogP contribution in [0.5, 0.6) is 0 Å². The second kappa shape index (κ2) is 9.78. The smallest absolute Gasteiger partial charge is 0.191 e. The van der Waals surface area contributed by atoms with Crippen molar-refractivity contribution >= 4 is 29.9 Å². The Morgan fingerprint density at radius 3 is 2.57 bits per heavy atom. The number of rotatable bonds is 6. The minimum atomic E-state index is 0. The van der Waals surface area contributed by atoms with Crippen molar-refractivity contribution in [3.8, 4) is 0 Å². The highest BCUT2D eigenvalue weighted by atomic mass is 127. The maximum absolute atomic E-state index is 6.04. The number of nitrogens with zero attached hydrogens (tertiary/aromatic N) is 3. The van der Waals surface area contributed by atoms with Gasteiger partial charge < -0.3 is 15.4 Å². The molecular weight excluding hydrogens is 465 g/mol. The molecule has 2 aliphatic carbocycles. The molecule has 2 N–H and O–H groups in total. The number of ether oxygens (including phenoxy) is 1. The monoisotopic (exact) mass is 503 g/mol. The molecule has 28 heavy (non-hydrogen) atoms. The van der Waals surface area contributed by atoms with Crippen molar-refractivity contribution in [3.63, 3.8) is 0 Å². The first kappa shape index (κ1) is 23.4. The molecular formula is C21H38IN5O. The van der Waals surface area contributed by atoms with Crippen LogP contribution in [-0.4, -0.2) is 47.6 Å². The standard InChI is InChI=1S/C21H37N5O.HI/c1-7-27-19-13-18(21(19)10-8-9-11-21)24-20(22-5)23-14(2)12-17-15(3)25-26(6)16(17)4;/h14,18-19H,7-13H2,1-6H3,(H2,22,23,24);1H. The topological polar surface area (TPSA) is 63.5 Å². The average Bonchev–Trinajstić information content (AvgIpc) is 3.23. The maximum atomic E-state index is 6.04. The quantitative estimate of drug-likeness (QED) is 0.355. The van der Waals surface area contributed by atoms with E-state index in [1.54, 1.807) is 0 Å². The van der Waals surface area contributed by atoms with Crippen LogP contribution in [0.2, 0.25) is 0 Å². The van der Waals surface area contributed by atoms with Gasteiger partial charge in [-0.15, -0.1) is 24.0 Å². The van der Waals surface area contributed by atoms with Crippen molar-refractivity contribution < 1.29 is 4.74 Å². The lowest BCUT2D eigenvalue weighted by molar-refractivity contribution is -0.125. The van der Waals surface area contributed by atoms with Crippen LogP contribution in [-0.2, 0) is 18.2 Å². The Morgan fingerprint density at radius 1 is 1.36 bits per heavy atom. The molecule has 6 nitrogen and oxygen atoms in total. The van der Waals surface area contributed by atoms with Crippen LogP contribution in [0, 0.1) is 19.3 Å². The molecule has 3 atom stereocenters. The van der Waals surface area contributed by atoms with Gasteiger partial charge in [0.25, 0.3) is 0 Å². The summed E-state index contributed by atoms with van der Waals surface area (Å²) in [5.41, 5.74) is 4.01. The molecule has 0 aliphatic heterocycles. The summed E-state index contributed by atoms with van der Waals surface area (Å²) in [6.45, 7) is 9.37. The highest BCUT2D eigenvalue weighted by Gasteiger charge is 2.56. The molecule has 1 heterocycles. The summed E-state index contributed by atoms with van der Waals surface area (Å²) in [7, 11) is 3.87. The summed E-state index contributed by atoms with van der Waals surface area (Å²) in [5, 5.41) is 11.8. The fourth-order valence-corrected chi connectivity index (χ4v) is 5.13. The Kier molecular flexibility index (Phi) is 8.19. The Morgan fingerprint density at radius 2 is 2.04 bits per heavy atom. The van der Waals surface area contributed by atoms with Crippen LogP contribution in [0.4, 0.5) is 0 Å². The first-order chi connectivity index (χ1) is 12.9. The van der Waals surface area contributed by atoms with Gasteiger partial charge in [-0.05, 0) is 58.9 Å². The van der Waals surface area contributed by atoms with Crippen LogP contribution in [0.1, 0.15) is 62.9 Å². The number of nitrogens with one attached hydrogen (secondary N) is 2. The Balaban J connectivity index is 0.00000280. The molecule has 3 rings (SSSR count). The van der Waals surface area contributed by atoms with Gasteiger partial charge in [0, 0.05) is 43.9 Å². The summed E-state index contributed by atoms with van der Waals surface area (Å²) < 4.78 is 8.01. The molecule has 1 spiro atoms. The van der Waals surface area contributed by atoms with Crippen LogP contribution < -0.4 is 10.6 Å². The lowest BCUT2D eigenvalue weighted by Gasteiger charge is -2.54. The average molecular weight is 503 g/mol. The van der Waals surface area contributed by atoms with Crippen LogP contribution in [0.3, 0.4) is 0 Å². The van der Waals surface area contributed by atoms with E-state index in [9.17, 15) is 0 Å². The molecule has 3 unspecified atom stereocenters. The largest absolute Gasteiger partial charge is 0.378 e. The number of guanidine groups is 1. The zero-order valence-electron chi connectivity index (χ0n) is 18.3. The van der Waals surface area contributed by atoms with Crippen molar-refractivity contribution in [3.05, 3.63) is 17.0 Å². The molecule has 2 saturated carbocycles. The first-order valence-corrected chi connectivity index (χ1v) is 10.5. The van der Waals surface area contributed by atoms with E-state index >= 15 is 0 Å². The van der Waals surface area contributed by atoms with Gasteiger partial charge >= 0.3 is 0 Å². The van der Waals surface area contributed by atoms with E-state index in [1.807, 2.05) is 18.8 Å². The second-order valence-electron chi connectivity index (χ2n) is 8.41. The number of aliphatic imine (C=N–C) groups is 1. The van der Waals surface area contributed by atoms with E-state index in [0.717, 1.165) is 31.1 Å². The van der Waals surface area contributed by atoms with Crippen molar-refractivity contribution in [1.82, 2.24) is 20.4 Å². The van der Waals surface area contributed by atoms with Crippen molar-refractivity contribution in [1.29, 1.82) is 0 Å². The summed E-state index contributed by atoms with van der Waals surface area (Å²) >= 11 is 0. The molecule has 1 aromatic rings. The predicted octanol–water partition coefficient (Wildman–Crippen LogP) is 3.49. The number of halogens is 1. The summed E-state index contributed by atoms with van der Waals surface area (Å²) in [4.78, 5) is 4.50. The summed E-state index contributed by atoms with van der Waals surface area (Å²) in [6, 6.07) is 0.761. The fourth-order valence-electron chi connectivity index (χ4n) is 5.13. The summed E-state index contributed by atoms with van der Waals surface area (Å²) in [5.74, 6) is 0.910. The highest BCUT2D eigenvalue weighted by molar-refractivity contribution is 14.0. The summed E-state index contributed by atoms with van der Waals surface area (Å²) in [6.07, 6.45) is 7.64. The third-order valence-corrected chi connectivity index (χ3v) is 6.77. The number of hydrogen-bond acceptors (Lipinski definition) is 3. The number of aryl methyl sites for hydroxylation is 2. The lowest BCUT2D eigenvalue weighted by Crippen LogP contribution is -2.65. The minimum absolute atomic E-state index is 0.